The molecule has 86 valence electrons. The van der Waals surface area contributed by atoms with Crippen LogP contribution in [0.2, 0.25) is 0 Å². The van der Waals surface area contributed by atoms with Crippen molar-refractivity contribution in [3.8, 4) is 0 Å². The van der Waals surface area contributed by atoms with E-state index in [0.717, 1.165) is 28.8 Å². The van der Waals surface area contributed by atoms with E-state index < -0.39 is 0 Å². The maximum Gasteiger partial charge on any atom is 0.0585 e. The van der Waals surface area contributed by atoms with E-state index >= 15 is 0 Å². The standard InChI is InChI=1S/C13H17BrN2/c14-11-5-6-12(15)13(9-11)16-8-7-10-3-1-2-4-10/h3,5-6,9,16H,1-2,4,7-8,15H2. The third-order valence-corrected chi connectivity index (χ3v) is 3.41. The lowest BCUT2D eigenvalue weighted by atomic mass is 10.1. The molecule has 16 heavy (non-hydrogen) atoms. The van der Waals surface area contributed by atoms with Gasteiger partial charge in [-0.2, -0.15) is 0 Å². The fourth-order valence-electron chi connectivity index (χ4n) is 2.00. The van der Waals surface area contributed by atoms with Gasteiger partial charge < -0.3 is 11.1 Å². The van der Waals surface area contributed by atoms with E-state index in [1.807, 2.05) is 18.2 Å². The molecule has 1 aromatic carbocycles. The molecule has 0 bridgehead atoms. The molecule has 2 rings (SSSR count). The summed E-state index contributed by atoms with van der Waals surface area (Å²) in [5.74, 6) is 0. The Kier molecular flexibility index (Phi) is 3.88. The zero-order valence-corrected chi connectivity index (χ0v) is 10.9. The minimum absolute atomic E-state index is 0.809. The van der Waals surface area contributed by atoms with E-state index in [1.165, 1.54) is 19.3 Å². The minimum Gasteiger partial charge on any atom is -0.397 e. The van der Waals surface area contributed by atoms with Crippen molar-refractivity contribution < 1.29 is 0 Å². The molecule has 0 spiro atoms. The van der Waals surface area contributed by atoms with Crippen LogP contribution in [0, 0.1) is 0 Å². The van der Waals surface area contributed by atoms with Crippen molar-refractivity contribution in [2.45, 2.75) is 25.7 Å². The van der Waals surface area contributed by atoms with Gasteiger partial charge in [0.2, 0.25) is 0 Å². The Morgan fingerprint density at radius 3 is 3.00 bits per heavy atom. The molecule has 0 saturated carbocycles. The summed E-state index contributed by atoms with van der Waals surface area (Å²) in [5, 5.41) is 3.38. The van der Waals surface area contributed by atoms with Crippen LogP contribution in [-0.4, -0.2) is 6.54 Å². The molecule has 0 fully saturated rings. The maximum atomic E-state index is 5.89. The number of benzene rings is 1. The van der Waals surface area contributed by atoms with Crippen LogP contribution >= 0.6 is 15.9 Å². The molecule has 3 N–H and O–H groups in total. The Balaban J connectivity index is 1.86. The lowest BCUT2D eigenvalue weighted by molar-refractivity contribution is 0.863. The van der Waals surface area contributed by atoms with Crippen molar-refractivity contribution in [1.29, 1.82) is 0 Å². The summed E-state index contributed by atoms with van der Waals surface area (Å²) in [6, 6.07) is 5.90. The van der Waals surface area contributed by atoms with Crippen molar-refractivity contribution in [1.82, 2.24) is 0 Å². The first-order chi connectivity index (χ1) is 7.75. The number of nitrogen functional groups attached to an aromatic ring is 1. The molecule has 0 heterocycles. The fraction of sp³-hybridized carbons (Fsp3) is 0.385. The number of hydrogen-bond donors (Lipinski definition) is 2. The highest BCUT2D eigenvalue weighted by molar-refractivity contribution is 9.10. The molecule has 0 radical (unpaired) electrons. The molecule has 0 aliphatic heterocycles. The Hall–Kier alpha value is -0.960. The zero-order valence-electron chi connectivity index (χ0n) is 9.30. The van der Waals surface area contributed by atoms with Crippen molar-refractivity contribution in [2.75, 3.05) is 17.6 Å². The third kappa shape index (κ3) is 3.01. The first kappa shape index (κ1) is 11.5. The summed E-state index contributed by atoms with van der Waals surface area (Å²) in [5.41, 5.74) is 9.30. The van der Waals surface area contributed by atoms with Crippen molar-refractivity contribution in [3.63, 3.8) is 0 Å². The van der Waals surface area contributed by atoms with Crippen molar-refractivity contribution >= 4 is 27.3 Å². The van der Waals surface area contributed by atoms with Crippen molar-refractivity contribution in [3.05, 3.63) is 34.3 Å². The second-order valence-corrected chi connectivity index (χ2v) is 5.08. The van der Waals surface area contributed by atoms with Gasteiger partial charge in [0, 0.05) is 11.0 Å². The normalized spacial score (nSPS) is 14.9. The minimum atomic E-state index is 0.809. The smallest absolute Gasteiger partial charge is 0.0585 e. The van der Waals surface area contributed by atoms with Gasteiger partial charge in [-0.3, -0.25) is 0 Å². The van der Waals surface area contributed by atoms with E-state index in [1.54, 1.807) is 5.57 Å². The average molecular weight is 281 g/mol. The lowest BCUT2D eigenvalue weighted by Crippen LogP contribution is -2.04. The summed E-state index contributed by atoms with van der Waals surface area (Å²) in [6.07, 6.45) is 7.36. The third-order valence-electron chi connectivity index (χ3n) is 2.91. The summed E-state index contributed by atoms with van der Waals surface area (Å²) in [7, 11) is 0. The van der Waals surface area contributed by atoms with Crippen LogP contribution in [0.4, 0.5) is 11.4 Å². The molecular weight excluding hydrogens is 264 g/mol. The van der Waals surface area contributed by atoms with E-state index in [2.05, 4.69) is 27.3 Å². The van der Waals surface area contributed by atoms with Gasteiger partial charge in [0.15, 0.2) is 0 Å². The van der Waals surface area contributed by atoms with Gasteiger partial charge in [0.05, 0.1) is 11.4 Å². The molecule has 1 aromatic rings. The van der Waals surface area contributed by atoms with E-state index in [9.17, 15) is 0 Å². The van der Waals surface area contributed by atoms with Gasteiger partial charge in [0.1, 0.15) is 0 Å². The molecule has 0 atom stereocenters. The van der Waals surface area contributed by atoms with Gasteiger partial charge in [-0.1, -0.05) is 27.6 Å². The van der Waals surface area contributed by atoms with E-state index in [4.69, 9.17) is 5.73 Å². The highest BCUT2D eigenvalue weighted by atomic mass is 79.9. The zero-order chi connectivity index (χ0) is 11.4. The van der Waals surface area contributed by atoms with Gasteiger partial charge >= 0.3 is 0 Å². The van der Waals surface area contributed by atoms with Crippen LogP contribution in [0.25, 0.3) is 0 Å². The first-order valence-corrected chi connectivity index (χ1v) is 6.52. The van der Waals surface area contributed by atoms with E-state index in [-0.39, 0.29) is 0 Å². The second kappa shape index (κ2) is 5.39. The maximum absolute atomic E-state index is 5.89. The molecule has 2 nitrogen and oxygen atoms in total. The summed E-state index contributed by atoms with van der Waals surface area (Å²) in [4.78, 5) is 0. The molecule has 0 aromatic heterocycles. The fourth-order valence-corrected chi connectivity index (χ4v) is 2.36. The highest BCUT2D eigenvalue weighted by Gasteiger charge is 2.04. The Morgan fingerprint density at radius 2 is 2.25 bits per heavy atom. The predicted molar refractivity (Wildman–Crippen MR) is 73.6 cm³/mol. The van der Waals surface area contributed by atoms with Crippen LogP contribution in [0.3, 0.4) is 0 Å². The number of hydrogen-bond acceptors (Lipinski definition) is 2. The Bertz CT molecular complexity index is 399. The van der Waals surface area contributed by atoms with Crippen LogP contribution in [0.1, 0.15) is 25.7 Å². The summed E-state index contributed by atoms with van der Waals surface area (Å²) < 4.78 is 1.06. The highest BCUT2D eigenvalue weighted by Crippen LogP contribution is 2.24. The van der Waals surface area contributed by atoms with Gasteiger partial charge in [0.25, 0.3) is 0 Å². The second-order valence-electron chi connectivity index (χ2n) is 4.16. The summed E-state index contributed by atoms with van der Waals surface area (Å²) >= 11 is 3.45. The molecule has 1 aliphatic rings. The number of rotatable bonds is 4. The Labute approximate surface area is 105 Å². The number of anilines is 2. The van der Waals surface area contributed by atoms with Gasteiger partial charge in [-0.05, 0) is 43.9 Å². The monoisotopic (exact) mass is 280 g/mol. The summed E-state index contributed by atoms with van der Waals surface area (Å²) in [6.45, 7) is 0.965. The molecule has 0 unspecified atom stereocenters. The number of nitrogens with one attached hydrogen (secondary N) is 1. The quantitative estimate of drug-likeness (QED) is 0.648. The molecule has 0 saturated heterocycles. The average Bonchev–Trinajstić information content (AvgIpc) is 2.76. The number of nitrogens with two attached hydrogens (primary N) is 1. The molecule has 1 aliphatic carbocycles. The van der Waals surface area contributed by atoms with Gasteiger partial charge in [-0.25, -0.2) is 0 Å². The number of halogens is 1. The van der Waals surface area contributed by atoms with E-state index in [0.29, 0.717) is 0 Å². The SMILES string of the molecule is Nc1ccc(Br)cc1NCCC1=CCCC1. The van der Waals surface area contributed by atoms with Crippen LogP contribution in [-0.2, 0) is 0 Å². The molecule has 3 heteroatoms. The van der Waals surface area contributed by atoms with Gasteiger partial charge in [-0.15, -0.1) is 0 Å². The van der Waals surface area contributed by atoms with Crippen LogP contribution in [0.15, 0.2) is 34.3 Å². The van der Waals surface area contributed by atoms with Crippen LogP contribution in [0.5, 0.6) is 0 Å². The Morgan fingerprint density at radius 1 is 1.38 bits per heavy atom. The topological polar surface area (TPSA) is 38.0 Å². The largest absolute Gasteiger partial charge is 0.397 e. The first-order valence-electron chi connectivity index (χ1n) is 5.72. The predicted octanol–water partition coefficient (Wildman–Crippen LogP) is 3.94. The van der Waals surface area contributed by atoms with Crippen LogP contribution < -0.4 is 11.1 Å². The van der Waals surface area contributed by atoms with Crippen molar-refractivity contribution in [2.24, 2.45) is 0 Å². The molecule has 0 amide bonds. The molecular formula is C13H17BrN2. The lowest BCUT2D eigenvalue weighted by Gasteiger charge is -2.10. The number of allylic oxidation sites excluding steroid dienone is 1.